The number of amides is 2. The van der Waals surface area contributed by atoms with Crippen LogP contribution in [0.1, 0.15) is 16.8 Å². The van der Waals surface area contributed by atoms with E-state index in [4.69, 9.17) is 0 Å². The minimum atomic E-state index is -0.237. The van der Waals surface area contributed by atoms with E-state index < -0.39 is 0 Å². The van der Waals surface area contributed by atoms with Gasteiger partial charge in [-0.2, -0.15) is 0 Å². The van der Waals surface area contributed by atoms with E-state index in [9.17, 15) is 9.59 Å². The van der Waals surface area contributed by atoms with Gasteiger partial charge in [0.2, 0.25) is 0 Å². The predicted molar refractivity (Wildman–Crippen MR) is 87.5 cm³/mol. The number of hydrogen-bond acceptors (Lipinski definition) is 3. The molecule has 3 rings (SSSR count). The zero-order valence-corrected chi connectivity index (χ0v) is 12.8. The zero-order chi connectivity index (χ0) is 15.4. The highest BCUT2D eigenvalue weighted by Gasteiger charge is 2.25. The summed E-state index contributed by atoms with van der Waals surface area (Å²) in [4.78, 5) is 28.0. The molecule has 0 spiro atoms. The summed E-state index contributed by atoms with van der Waals surface area (Å²) < 4.78 is 0. The second-order valence-corrected chi connectivity index (χ2v) is 6.14. The average Bonchev–Trinajstić information content (AvgIpc) is 2.56. The predicted octanol–water partition coefficient (Wildman–Crippen LogP) is 3.74. The quantitative estimate of drug-likeness (QED) is 0.811. The van der Waals surface area contributed by atoms with Gasteiger partial charge < -0.3 is 0 Å². The average molecular weight is 309 g/mol. The van der Waals surface area contributed by atoms with E-state index in [-0.39, 0.29) is 11.8 Å². The van der Waals surface area contributed by atoms with Crippen LogP contribution in [0.5, 0.6) is 0 Å². The third-order valence-electron chi connectivity index (χ3n) is 3.39. The SMILES string of the molecule is O=C1C=C(Sc2ccccc2)CCN1C(=O)c1ccccc1. The number of hydrogen-bond donors (Lipinski definition) is 0. The van der Waals surface area contributed by atoms with Gasteiger partial charge in [-0.25, -0.2) is 0 Å². The Kier molecular flexibility index (Phi) is 4.39. The van der Waals surface area contributed by atoms with Crippen LogP contribution < -0.4 is 0 Å². The number of benzene rings is 2. The standard InChI is InChI=1S/C18H15NO2S/c20-17-13-16(22-15-9-5-2-6-10-15)11-12-19(17)18(21)14-7-3-1-4-8-14/h1-10,13H,11-12H2. The molecule has 3 nitrogen and oxygen atoms in total. The first kappa shape index (κ1) is 14.6. The molecule has 1 aliphatic rings. The summed E-state index contributed by atoms with van der Waals surface area (Å²) in [5.74, 6) is -0.468. The Morgan fingerprint density at radius 1 is 0.955 bits per heavy atom. The van der Waals surface area contributed by atoms with Gasteiger partial charge in [0, 0.05) is 23.1 Å². The summed E-state index contributed by atoms with van der Waals surface area (Å²) in [5.41, 5.74) is 0.545. The largest absolute Gasteiger partial charge is 0.275 e. The van der Waals surface area contributed by atoms with E-state index in [0.717, 1.165) is 9.80 Å². The maximum Gasteiger partial charge on any atom is 0.260 e. The molecule has 0 aromatic heterocycles. The van der Waals surface area contributed by atoms with Gasteiger partial charge in [-0.3, -0.25) is 14.5 Å². The molecule has 0 atom stereocenters. The van der Waals surface area contributed by atoms with Gasteiger partial charge in [0.05, 0.1) is 0 Å². The molecular formula is C18H15NO2S. The van der Waals surface area contributed by atoms with Crippen LogP contribution in [0, 0.1) is 0 Å². The smallest absolute Gasteiger partial charge is 0.260 e. The molecule has 1 aliphatic heterocycles. The monoisotopic (exact) mass is 309 g/mol. The zero-order valence-electron chi connectivity index (χ0n) is 11.9. The number of thioether (sulfide) groups is 1. The fourth-order valence-electron chi connectivity index (χ4n) is 2.28. The highest BCUT2D eigenvalue weighted by atomic mass is 32.2. The molecule has 22 heavy (non-hydrogen) atoms. The Labute approximate surface area is 133 Å². The normalized spacial score (nSPS) is 14.6. The van der Waals surface area contributed by atoms with E-state index >= 15 is 0 Å². The van der Waals surface area contributed by atoms with E-state index in [1.807, 2.05) is 36.4 Å². The van der Waals surface area contributed by atoms with E-state index in [1.54, 1.807) is 42.1 Å². The van der Waals surface area contributed by atoms with Crippen molar-refractivity contribution in [2.45, 2.75) is 11.3 Å². The van der Waals surface area contributed by atoms with E-state index in [0.29, 0.717) is 18.5 Å². The fourth-order valence-corrected chi connectivity index (χ4v) is 3.23. The van der Waals surface area contributed by atoms with Gasteiger partial charge in [0.15, 0.2) is 0 Å². The van der Waals surface area contributed by atoms with Crippen molar-refractivity contribution in [1.29, 1.82) is 0 Å². The lowest BCUT2D eigenvalue weighted by atomic mass is 10.1. The van der Waals surface area contributed by atoms with E-state index in [2.05, 4.69) is 0 Å². The number of rotatable bonds is 3. The van der Waals surface area contributed by atoms with Gasteiger partial charge >= 0.3 is 0 Å². The van der Waals surface area contributed by atoms with Gasteiger partial charge in [-0.15, -0.1) is 0 Å². The van der Waals surface area contributed by atoms with Crippen molar-refractivity contribution in [3.63, 3.8) is 0 Å². The van der Waals surface area contributed by atoms with Crippen LogP contribution in [-0.2, 0) is 4.79 Å². The van der Waals surface area contributed by atoms with Gasteiger partial charge in [-0.05, 0) is 35.6 Å². The molecule has 2 amide bonds. The lowest BCUT2D eigenvalue weighted by molar-refractivity contribution is -0.124. The van der Waals surface area contributed by atoms with Crippen molar-refractivity contribution in [1.82, 2.24) is 4.90 Å². The first-order valence-corrected chi connectivity index (χ1v) is 7.90. The summed E-state index contributed by atoms with van der Waals surface area (Å²) in [6, 6.07) is 18.8. The molecule has 2 aromatic rings. The Morgan fingerprint density at radius 3 is 2.23 bits per heavy atom. The van der Waals surface area contributed by atoms with Crippen LogP contribution in [0.2, 0.25) is 0 Å². The summed E-state index contributed by atoms with van der Waals surface area (Å²) in [5, 5.41) is 0. The molecule has 0 saturated heterocycles. The van der Waals surface area contributed by atoms with Crippen LogP contribution in [0.25, 0.3) is 0 Å². The number of carbonyl (C=O) groups excluding carboxylic acids is 2. The molecule has 0 saturated carbocycles. The Balaban J connectivity index is 1.72. The molecule has 2 aromatic carbocycles. The fraction of sp³-hybridized carbons (Fsp3) is 0.111. The summed E-state index contributed by atoms with van der Waals surface area (Å²) in [7, 11) is 0. The molecule has 0 fully saturated rings. The second-order valence-electron chi connectivity index (χ2n) is 4.94. The van der Waals surface area contributed by atoms with Crippen LogP contribution in [0.4, 0.5) is 0 Å². The summed E-state index contributed by atoms with van der Waals surface area (Å²) >= 11 is 1.58. The highest BCUT2D eigenvalue weighted by molar-refractivity contribution is 8.03. The Hall–Kier alpha value is -2.33. The number of carbonyl (C=O) groups is 2. The summed E-state index contributed by atoms with van der Waals surface area (Å²) in [6.07, 6.45) is 2.27. The van der Waals surface area contributed by atoms with Gasteiger partial charge in [0.25, 0.3) is 11.8 Å². The maximum atomic E-state index is 12.3. The van der Waals surface area contributed by atoms with Crippen molar-refractivity contribution < 1.29 is 9.59 Å². The van der Waals surface area contributed by atoms with Crippen LogP contribution >= 0.6 is 11.8 Å². The summed E-state index contributed by atoms with van der Waals surface area (Å²) in [6.45, 7) is 0.429. The van der Waals surface area contributed by atoms with Crippen molar-refractivity contribution >= 4 is 23.6 Å². The molecule has 1 heterocycles. The van der Waals surface area contributed by atoms with Crippen molar-refractivity contribution in [2.24, 2.45) is 0 Å². The molecule has 4 heteroatoms. The third-order valence-corrected chi connectivity index (χ3v) is 4.48. The van der Waals surface area contributed by atoms with Crippen LogP contribution in [-0.4, -0.2) is 23.3 Å². The molecule has 0 unspecified atom stereocenters. The third kappa shape index (κ3) is 3.28. The Bertz CT molecular complexity index is 710. The molecule has 110 valence electrons. The maximum absolute atomic E-state index is 12.3. The minimum absolute atomic E-state index is 0.231. The van der Waals surface area contributed by atoms with Crippen LogP contribution in [0.15, 0.2) is 76.5 Å². The molecule has 0 bridgehead atoms. The second kappa shape index (κ2) is 6.62. The Morgan fingerprint density at radius 2 is 1.59 bits per heavy atom. The number of nitrogens with zero attached hydrogens (tertiary/aromatic N) is 1. The molecular weight excluding hydrogens is 294 g/mol. The first-order valence-electron chi connectivity index (χ1n) is 7.08. The van der Waals surface area contributed by atoms with E-state index in [1.165, 1.54) is 4.90 Å². The lowest BCUT2D eigenvalue weighted by Crippen LogP contribution is -2.39. The molecule has 0 N–H and O–H groups in total. The first-order chi connectivity index (χ1) is 10.7. The van der Waals surface area contributed by atoms with Gasteiger partial charge in [0.1, 0.15) is 0 Å². The highest BCUT2D eigenvalue weighted by Crippen LogP contribution is 2.31. The minimum Gasteiger partial charge on any atom is -0.275 e. The molecule has 0 radical (unpaired) electrons. The number of imide groups is 1. The van der Waals surface area contributed by atoms with Gasteiger partial charge in [-0.1, -0.05) is 48.2 Å². The molecule has 0 aliphatic carbocycles. The van der Waals surface area contributed by atoms with Crippen molar-refractivity contribution in [2.75, 3.05) is 6.54 Å². The topological polar surface area (TPSA) is 37.4 Å². The van der Waals surface area contributed by atoms with Crippen molar-refractivity contribution in [3.8, 4) is 0 Å². The van der Waals surface area contributed by atoms with Crippen LogP contribution in [0.3, 0.4) is 0 Å². The lowest BCUT2D eigenvalue weighted by Gasteiger charge is -2.24. The van der Waals surface area contributed by atoms with Crippen molar-refractivity contribution in [3.05, 3.63) is 77.2 Å².